The molecular formula is C12H27N3. The molecule has 0 radical (unpaired) electrons. The summed E-state index contributed by atoms with van der Waals surface area (Å²) in [7, 11) is 4.26. The molecule has 0 aromatic carbocycles. The molecule has 3 N–H and O–H groups in total. The van der Waals surface area contributed by atoms with Gasteiger partial charge in [-0.2, -0.15) is 0 Å². The van der Waals surface area contributed by atoms with Crippen LogP contribution in [-0.4, -0.2) is 44.2 Å². The van der Waals surface area contributed by atoms with Gasteiger partial charge in [0.2, 0.25) is 0 Å². The minimum Gasteiger partial charge on any atom is -0.330 e. The van der Waals surface area contributed by atoms with Gasteiger partial charge in [0.05, 0.1) is 0 Å². The lowest BCUT2D eigenvalue weighted by atomic mass is 10.0. The monoisotopic (exact) mass is 213 g/mol. The molecule has 0 bridgehead atoms. The van der Waals surface area contributed by atoms with Crippen LogP contribution in [0.2, 0.25) is 0 Å². The molecule has 1 fully saturated rings. The minimum absolute atomic E-state index is 0.615. The van der Waals surface area contributed by atoms with Gasteiger partial charge in [0.15, 0.2) is 0 Å². The van der Waals surface area contributed by atoms with E-state index in [0.717, 1.165) is 13.1 Å². The maximum absolute atomic E-state index is 5.77. The van der Waals surface area contributed by atoms with E-state index in [1.54, 1.807) is 0 Å². The Kier molecular flexibility index (Phi) is 5.58. The Hall–Kier alpha value is -0.120. The molecule has 1 aliphatic carbocycles. The van der Waals surface area contributed by atoms with Crippen LogP contribution in [-0.2, 0) is 0 Å². The zero-order valence-electron chi connectivity index (χ0n) is 10.5. The number of hydrogen-bond acceptors (Lipinski definition) is 3. The third-order valence-electron chi connectivity index (χ3n) is 3.47. The van der Waals surface area contributed by atoms with Gasteiger partial charge >= 0.3 is 0 Å². The molecule has 15 heavy (non-hydrogen) atoms. The molecule has 0 aromatic heterocycles. The highest BCUT2D eigenvalue weighted by Crippen LogP contribution is 2.25. The van der Waals surface area contributed by atoms with Crippen molar-refractivity contribution in [1.82, 2.24) is 10.2 Å². The maximum atomic E-state index is 5.77. The van der Waals surface area contributed by atoms with Crippen LogP contribution in [0.4, 0.5) is 0 Å². The first kappa shape index (κ1) is 12.9. The lowest BCUT2D eigenvalue weighted by Gasteiger charge is -2.25. The van der Waals surface area contributed by atoms with Gasteiger partial charge in [-0.25, -0.2) is 0 Å². The zero-order valence-corrected chi connectivity index (χ0v) is 10.5. The van der Waals surface area contributed by atoms with Crippen molar-refractivity contribution in [1.29, 1.82) is 0 Å². The molecule has 3 nitrogen and oxygen atoms in total. The van der Waals surface area contributed by atoms with Crippen molar-refractivity contribution >= 4 is 0 Å². The van der Waals surface area contributed by atoms with Crippen molar-refractivity contribution in [2.75, 3.05) is 27.2 Å². The first-order valence-corrected chi connectivity index (χ1v) is 6.24. The number of hydrogen-bond donors (Lipinski definition) is 2. The standard InChI is InChI=1S/C12H27N3/c1-10(7-8-15(2)3)14-12-6-4-5-11(12)9-13/h10-12,14H,4-9,13H2,1-3H3. The second-order valence-electron chi connectivity index (χ2n) is 5.19. The van der Waals surface area contributed by atoms with E-state index in [0.29, 0.717) is 18.0 Å². The molecule has 0 spiro atoms. The predicted octanol–water partition coefficient (Wildman–Crippen LogP) is 1.04. The summed E-state index contributed by atoms with van der Waals surface area (Å²) in [5.41, 5.74) is 5.77. The van der Waals surface area contributed by atoms with E-state index in [9.17, 15) is 0 Å². The Morgan fingerprint density at radius 2 is 2.13 bits per heavy atom. The van der Waals surface area contributed by atoms with E-state index >= 15 is 0 Å². The van der Waals surface area contributed by atoms with Crippen LogP contribution >= 0.6 is 0 Å². The van der Waals surface area contributed by atoms with Gasteiger partial charge in [0.1, 0.15) is 0 Å². The zero-order chi connectivity index (χ0) is 11.3. The molecule has 3 unspecified atom stereocenters. The van der Waals surface area contributed by atoms with Gasteiger partial charge in [-0.05, 0) is 59.3 Å². The number of nitrogens with zero attached hydrogens (tertiary/aromatic N) is 1. The summed E-state index contributed by atoms with van der Waals surface area (Å²) < 4.78 is 0. The molecule has 1 saturated carbocycles. The first-order valence-electron chi connectivity index (χ1n) is 6.24. The van der Waals surface area contributed by atoms with Crippen molar-refractivity contribution in [3.05, 3.63) is 0 Å². The van der Waals surface area contributed by atoms with Crippen molar-refractivity contribution in [2.45, 2.75) is 44.7 Å². The number of nitrogens with one attached hydrogen (secondary N) is 1. The molecule has 3 atom stereocenters. The van der Waals surface area contributed by atoms with Crippen molar-refractivity contribution < 1.29 is 0 Å². The molecule has 3 heteroatoms. The first-order chi connectivity index (χ1) is 7.13. The Bertz CT molecular complexity index is 170. The van der Waals surface area contributed by atoms with E-state index in [4.69, 9.17) is 5.73 Å². The smallest absolute Gasteiger partial charge is 0.0110 e. The van der Waals surface area contributed by atoms with E-state index in [2.05, 4.69) is 31.2 Å². The summed E-state index contributed by atoms with van der Waals surface area (Å²) in [5, 5.41) is 3.73. The molecule has 0 heterocycles. The van der Waals surface area contributed by atoms with Gasteiger partial charge in [-0.3, -0.25) is 0 Å². The van der Waals surface area contributed by atoms with Gasteiger partial charge in [-0.15, -0.1) is 0 Å². The van der Waals surface area contributed by atoms with Crippen LogP contribution in [0.5, 0.6) is 0 Å². The summed E-state index contributed by atoms with van der Waals surface area (Å²) in [6.45, 7) is 4.29. The van der Waals surface area contributed by atoms with Gasteiger partial charge in [-0.1, -0.05) is 6.42 Å². The van der Waals surface area contributed by atoms with Crippen LogP contribution in [0, 0.1) is 5.92 Å². The minimum atomic E-state index is 0.615. The Balaban J connectivity index is 2.21. The van der Waals surface area contributed by atoms with E-state index in [-0.39, 0.29) is 0 Å². The van der Waals surface area contributed by atoms with Crippen LogP contribution in [0.25, 0.3) is 0 Å². The largest absolute Gasteiger partial charge is 0.330 e. The Morgan fingerprint density at radius 1 is 1.40 bits per heavy atom. The van der Waals surface area contributed by atoms with Crippen LogP contribution in [0.15, 0.2) is 0 Å². The number of nitrogens with two attached hydrogens (primary N) is 1. The Morgan fingerprint density at radius 3 is 2.73 bits per heavy atom. The maximum Gasteiger partial charge on any atom is 0.0110 e. The molecular weight excluding hydrogens is 186 g/mol. The van der Waals surface area contributed by atoms with E-state index < -0.39 is 0 Å². The van der Waals surface area contributed by atoms with Crippen LogP contribution < -0.4 is 11.1 Å². The highest BCUT2D eigenvalue weighted by molar-refractivity contribution is 4.85. The van der Waals surface area contributed by atoms with Gasteiger partial charge in [0.25, 0.3) is 0 Å². The van der Waals surface area contributed by atoms with Crippen molar-refractivity contribution in [3.63, 3.8) is 0 Å². The SMILES string of the molecule is CC(CCN(C)C)NC1CCCC1CN. The summed E-state index contributed by atoms with van der Waals surface area (Å²) in [5.74, 6) is 0.715. The second-order valence-corrected chi connectivity index (χ2v) is 5.19. The summed E-state index contributed by atoms with van der Waals surface area (Å²) in [6, 6.07) is 1.29. The fourth-order valence-electron chi connectivity index (χ4n) is 2.44. The molecule has 90 valence electrons. The van der Waals surface area contributed by atoms with Crippen LogP contribution in [0.3, 0.4) is 0 Å². The predicted molar refractivity (Wildman–Crippen MR) is 66.0 cm³/mol. The second kappa shape index (κ2) is 6.46. The molecule has 0 saturated heterocycles. The number of rotatable bonds is 6. The van der Waals surface area contributed by atoms with E-state index in [1.165, 1.54) is 25.7 Å². The average molecular weight is 213 g/mol. The third-order valence-corrected chi connectivity index (χ3v) is 3.47. The molecule has 0 aromatic rings. The highest BCUT2D eigenvalue weighted by Gasteiger charge is 2.26. The summed E-state index contributed by atoms with van der Waals surface area (Å²) in [6.07, 6.45) is 5.20. The lowest BCUT2D eigenvalue weighted by Crippen LogP contribution is -2.42. The van der Waals surface area contributed by atoms with Gasteiger partial charge in [0, 0.05) is 12.1 Å². The quantitative estimate of drug-likeness (QED) is 0.693. The fourth-order valence-corrected chi connectivity index (χ4v) is 2.44. The summed E-state index contributed by atoms with van der Waals surface area (Å²) in [4.78, 5) is 2.24. The topological polar surface area (TPSA) is 41.3 Å². The molecule has 0 amide bonds. The normalized spacial score (nSPS) is 28.6. The molecule has 1 aliphatic rings. The fraction of sp³-hybridized carbons (Fsp3) is 1.00. The lowest BCUT2D eigenvalue weighted by molar-refractivity contribution is 0.323. The van der Waals surface area contributed by atoms with Gasteiger partial charge < -0.3 is 16.0 Å². The highest BCUT2D eigenvalue weighted by atomic mass is 15.1. The molecule has 1 rings (SSSR count). The molecule has 0 aliphatic heterocycles. The van der Waals surface area contributed by atoms with Crippen LogP contribution in [0.1, 0.15) is 32.6 Å². The summed E-state index contributed by atoms with van der Waals surface area (Å²) >= 11 is 0. The Labute approximate surface area is 94.4 Å². The third kappa shape index (κ3) is 4.49. The van der Waals surface area contributed by atoms with E-state index in [1.807, 2.05) is 0 Å². The van der Waals surface area contributed by atoms with Crippen molar-refractivity contribution in [2.24, 2.45) is 11.7 Å². The van der Waals surface area contributed by atoms with Crippen molar-refractivity contribution in [3.8, 4) is 0 Å². The average Bonchev–Trinajstić information content (AvgIpc) is 2.62.